The van der Waals surface area contributed by atoms with Crippen LogP contribution in [0.1, 0.15) is 33.3 Å². The van der Waals surface area contributed by atoms with E-state index in [-0.39, 0.29) is 30.9 Å². The molecule has 0 radical (unpaired) electrons. The minimum Gasteiger partial charge on any atom is -0.353 e. The van der Waals surface area contributed by atoms with Crippen molar-refractivity contribution in [2.75, 3.05) is 31.1 Å². The summed E-state index contributed by atoms with van der Waals surface area (Å²) in [5, 5.41) is 2.86. The zero-order valence-electron chi connectivity index (χ0n) is 14.9. The summed E-state index contributed by atoms with van der Waals surface area (Å²) in [6, 6.07) is 7.96. The SMILES string of the molecule is CCN(CC(=O)NC(C)C)CC(=O)N(CC)c1ccccc1C. The maximum Gasteiger partial charge on any atom is 0.241 e. The standard InChI is InChI=1S/C18H29N3O2/c1-6-20(12-17(22)19-14(3)4)13-18(23)21(7-2)16-11-9-8-10-15(16)5/h8-11,14H,6-7,12-13H2,1-5H3,(H,19,22). The van der Waals surface area contributed by atoms with Crippen LogP contribution in [0.5, 0.6) is 0 Å². The summed E-state index contributed by atoms with van der Waals surface area (Å²) >= 11 is 0. The van der Waals surface area contributed by atoms with Crippen LogP contribution in [-0.4, -0.2) is 48.9 Å². The van der Waals surface area contributed by atoms with E-state index in [0.717, 1.165) is 11.3 Å². The van der Waals surface area contributed by atoms with Gasteiger partial charge in [-0.05, 0) is 45.9 Å². The quantitative estimate of drug-likeness (QED) is 0.799. The maximum atomic E-state index is 12.7. The summed E-state index contributed by atoms with van der Waals surface area (Å²) < 4.78 is 0. The highest BCUT2D eigenvalue weighted by molar-refractivity contribution is 5.95. The Hall–Kier alpha value is -1.88. The van der Waals surface area contributed by atoms with E-state index in [1.807, 2.05) is 63.8 Å². The Labute approximate surface area is 139 Å². The van der Waals surface area contributed by atoms with E-state index in [0.29, 0.717) is 13.1 Å². The van der Waals surface area contributed by atoms with Crippen LogP contribution in [0.3, 0.4) is 0 Å². The molecule has 0 bridgehead atoms. The summed E-state index contributed by atoms with van der Waals surface area (Å²) in [4.78, 5) is 28.2. The Bertz CT molecular complexity index is 529. The van der Waals surface area contributed by atoms with Crippen molar-refractivity contribution >= 4 is 17.5 Å². The number of benzene rings is 1. The summed E-state index contributed by atoms with van der Waals surface area (Å²) in [6.45, 7) is 11.5. The molecule has 0 unspecified atom stereocenters. The second kappa shape index (κ2) is 9.30. The van der Waals surface area contributed by atoms with Gasteiger partial charge in [-0.2, -0.15) is 0 Å². The normalized spacial score (nSPS) is 10.9. The van der Waals surface area contributed by atoms with Crippen LogP contribution < -0.4 is 10.2 Å². The second-order valence-corrected chi connectivity index (χ2v) is 5.95. The molecule has 0 aliphatic carbocycles. The van der Waals surface area contributed by atoms with Gasteiger partial charge in [0.05, 0.1) is 13.1 Å². The van der Waals surface area contributed by atoms with Gasteiger partial charge in [0.15, 0.2) is 0 Å². The van der Waals surface area contributed by atoms with Crippen molar-refractivity contribution in [3.63, 3.8) is 0 Å². The third-order valence-corrected chi connectivity index (χ3v) is 3.65. The number of aryl methyl sites for hydroxylation is 1. The molecule has 0 saturated carbocycles. The Balaban J connectivity index is 2.74. The molecule has 0 aromatic heterocycles. The van der Waals surface area contributed by atoms with Gasteiger partial charge in [0, 0.05) is 18.3 Å². The Morgan fingerprint density at radius 1 is 1.09 bits per heavy atom. The van der Waals surface area contributed by atoms with Crippen molar-refractivity contribution in [3.8, 4) is 0 Å². The molecule has 5 heteroatoms. The highest BCUT2D eigenvalue weighted by Crippen LogP contribution is 2.19. The summed E-state index contributed by atoms with van der Waals surface area (Å²) in [5.74, 6) is -0.0328. The third-order valence-electron chi connectivity index (χ3n) is 3.65. The van der Waals surface area contributed by atoms with Gasteiger partial charge in [-0.1, -0.05) is 25.1 Å². The maximum absolute atomic E-state index is 12.7. The number of para-hydroxylation sites is 1. The molecule has 0 atom stereocenters. The van der Waals surface area contributed by atoms with Crippen molar-refractivity contribution in [2.45, 2.75) is 40.7 Å². The lowest BCUT2D eigenvalue weighted by Gasteiger charge is -2.27. The van der Waals surface area contributed by atoms with Gasteiger partial charge in [-0.15, -0.1) is 0 Å². The first-order valence-corrected chi connectivity index (χ1v) is 8.26. The minimum atomic E-state index is -0.0476. The molecule has 0 spiro atoms. The fourth-order valence-electron chi connectivity index (χ4n) is 2.47. The molecule has 0 heterocycles. The number of likely N-dealkylation sites (N-methyl/N-ethyl adjacent to an activating group) is 2. The predicted octanol–water partition coefficient (Wildman–Crippen LogP) is 2.19. The number of nitrogens with zero attached hydrogens (tertiary/aromatic N) is 2. The molecule has 0 fully saturated rings. The zero-order valence-corrected chi connectivity index (χ0v) is 14.9. The van der Waals surface area contributed by atoms with Crippen molar-refractivity contribution in [2.24, 2.45) is 0 Å². The first-order valence-electron chi connectivity index (χ1n) is 8.26. The average molecular weight is 319 g/mol. The molecule has 23 heavy (non-hydrogen) atoms. The van der Waals surface area contributed by atoms with Crippen LogP contribution in [0.25, 0.3) is 0 Å². The molecule has 5 nitrogen and oxygen atoms in total. The van der Waals surface area contributed by atoms with Gasteiger partial charge >= 0.3 is 0 Å². The number of nitrogens with one attached hydrogen (secondary N) is 1. The van der Waals surface area contributed by atoms with Crippen molar-refractivity contribution in [1.29, 1.82) is 0 Å². The van der Waals surface area contributed by atoms with E-state index in [9.17, 15) is 9.59 Å². The zero-order chi connectivity index (χ0) is 17.4. The van der Waals surface area contributed by atoms with Crippen molar-refractivity contribution in [1.82, 2.24) is 10.2 Å². The van der Waals surface area contributed by atoms with Crippen LogP contribution >= 0.6 is 0 Å². The second-order valence-electron chi connectivity index (χ2n) is 5.95. The van der Waals surface area contributed by atoms with E-state index in [1.54, 1.807) is 4.90 Å². The number of carbonyl (C=O) groups is 2. The molecule has 1 aromatic rings. The fraction of sp³-hybridized carbons (Fsp3) is 0.556. The van der Waals surface area contributed by atoms with Gasteiger partial charge in [0.25, 0.3) is 0 Å². The molecule has 2 amide bonds. The summed E-state index contributed by atoms with van der Waals surface area (Å²) in [5.41, 5.74) is 2.01. The minimum absolute atomic E-state index is 0.0148. The lowest BCUT2D eigenvalue weighted by atomic mass is 10.2. The summed E-state index contributed by atoms with van der Waals surface area (Å²) in [6.07, 6.45) is 0. The van der Waals surface area contributed by atoms with Crippen molar-refractivity contribution < 1.29 is 9.59 Å². The summed E-state index contributed by atoms with van der Waals surface area (Å²) in [7, 11) is 0. The molecule has 1 rings (SSSR count). The smallest absolute Gasteiger partial charge is 0.241 e. The lowest BCUT2D eigenvalue weighted by Crippen LogP contribution is -2.45. The predicted molar refractivity (Wildman–Crippen MR) is 94.6 cm³/mol. The lowest BCUT2D eigenvalue weighted by molar-refractivity contribution is -0.124. The number of amides is 2. The number of rotatable bonds is 8. The first kappa shape index (κ1) is 19.2. The fourth-order valence-corrected chi connectivity index (χ4v) is 2.47. The van der Waals surface area contributed by atoms with E-state index in [1.165, 1.54) is 0 Å². The number of anilines is 1. The first-order chi connectivity index (χ1) is 10.9. The molecular weight excluding hydrogens is 290 g/mol. The monoisotopic (exact) mass is 319 g/mol. The van der Waals surface area contributed by atoms with Crippen LogP contribution in [0.15, 0.2) is 24.3 Å². The largest absolute Gasteiger partial charge is 0.353 e. The number of hydrogen-bond donors (Lipinski definition) is 1. The highest BCUT2D eigenvalue weighted by Gasteiger charge is 2.19. The van der Waals surface area contributed by atoms with Crippen LogP contribution in [0.2, 0.25) is 0 Å². The molecule has 0 saturated heterocycles. The average Bonchev–Trinajstić information content (AvgIpc) is 2.48. The van der Waals surface area contributed by atoms with Crippen LogP contribution in [-0.2, 0) is 9.59 Å². The van der Waals surface area contributed by atoms with Gasteiger partial charge in [0.2, 0.25) is 11.8 Å². The Kier molecular flexibility index (Phi) is 7.75. The topological polar surface area (TPSA) is 52.7 Å². The van der Waals surface area contributed by atoms with E-state index >= 15 is 0 Å². The molecular formula is C18H29N3O2. The third kappa shape index (κ3) is 6.02. The number of carbonyl (C=O) groups excluding carboxylic acids is 2. The van der Waals surface area contributed by atoms with E-state index in [4.69, 9.17) is 0 Å². The molecule has 1 N–H and O–H groups in total. The number of hydrogen-bond acceptors (Lipinski definition) is 3. The Morgan fingerprint density at radius 2 is 1.74 bits per heavy atom. The van der Waals surface area contributed by atoms with Crippen LogP contribution in [0, 0.1) is 6.92 Å². The van der Waals surface area contributed by atoms with E-state index < -0.39 is 0 Å². The van der Waals surface area contributed by atoms with Gasteiger partial charge < -0.3 is 10.2 Å². The van der Waals surface area contributed by atoms with Gasteiger partial charge in [-0.25, -0.2) is 0 Å². The Morgan fingerprint density at radius 3 is 2.26 bits per heavy atom. The van der Waals surface area contributed by atoms with E-state index in [2.05, 4.69) is 5.32 Å². The van der Waals surface area contributed by atoms with Gasteiger partial charge in [0.1, 0.15) is 0 Å². The molecule has 1 aromatic carbocycles. The highest BCUT2D eigenvalue weighted by atomic mass is 16.2. The van der Waals surface area contributed by atoms with Crippen LogP contribution in [0.4, 0.5) is 5.69 Å². The van der Waals surface area contributed by atoms with Crippen molar-refractivity contribution in [3.05, 3.63) is 29.8 Å². The van der Waals surface area contributed by atoms with Gasteiger partial charge in [-0.3, -0.25) is 14.5 Å². The molecule has 0 aliphatic heterocycles. The molecule has 128 valence electrons. The molecule has 0 aliphatic rings.